The van der Waals surface area contributed by atoms with Crippen molar-refractivity contribution in [3.8, 4) is 17.0 Å². The molecule has 0 saturated heterocycles. The Bertz CT molecular complexity index is 1420. The van der Waals surface area contributed by atoms with Crippen LogP contribution in [0, 0.1) is 20.8 Å². The summed E-state index contributed by atoms with van der Waals surface area (Å²) in [5, 5.41) is 18.5. The Balaban J connectivity index is 1.67. The van der Waals surface area contributed by atoms with Gasteiger partial charge in [-0.05, 0) is 60.1 Å². The Morgan fingerprint density at radius 1 is 0.944 bits per heavy atom. The zero-order chi connectivity index (χ0) is 25.8. The van der Waals surface area contributed by atoms with E-state index in [1.807, 2.05) is 24.8 Å². The molecule has 36 heavy (non-hydrogen) atoms. The van der Waals surface area contributed by atoms with E-state index in [4.69, 9.17) is 0 Å². The maximum Gasteiger partial charge on any atom is 0.273 e. The fourth-order valence-electron chi connectivity index (χ4n) is 5.21. The number of aryl methyl sites for hydroxylation is 3. The van der Waals surface area contributed by atoms with Gasteiger partial charge in [-0.3, -0.25) is 9.89 Å². The molecule has 4 aromatic rings. The lowest BCUT2D eigenvalue weighted by Crippen LogP contribution is -2.29. The number of nitrogens with zero attached hydrogens (tertiary/aromatic N) is 2. The number of rotatable bonds is 4. The van der Waals surface area contributed by atoms with Crippen LogP contribution in [0.5, 0.6) is 5.75 Å². The number of phenolic OH excluding ortho intramolecular Hbond substituents is 1. The smallest absolute Gasteiger partial charge is 0.273 e. The highest BCUT2D eigenvalue weighted by Gasteiger charge is 2.42. The van der Waals surface area contributed by atoms with Crippen LogP contribution in [-0.2, 0) is 12.0 Å². The molecule has 5 rings (SSSR count). The van der Waals surface area contributed by atoms with Gasteiger partial charge in [0.1, 0.15) is 17.1 Å². The third kappa shape index (κ3) is 4.09. The Labute approximate surface area is 212 Å². The molecule has 1 amide bonds. The molecule has 2 heterocycles. The van der Waals surface area contributed by atoms with Crippen molar-refractivity contribution >= 4 is 5.91 Å². The number of aromatic amines is 1. The Kier molecular flexibility index (Phi) is 5.74. The number of H-pyrrole nitrogens is 1. The number of aromatic nitrogens is 2. The summed E-state index contributed by atoms with van der Waals surface area (Å²) in [6, 6.07) is 20.3. The van der Waals surface area contributed by atoms with Gasteiger partial charge in [0.15, 0.2) is 0 Å². The SMILES string of the molecule is Cc1ccc(CN2C(=O)c3[nH]nc(-c4c(C)cc(C)cc4O)c3C2c2ccc(C(C)(C)C)cc2)cc1. The molecular formula is C31H33N3O2. The molecule has 0 aliphatic carbocycles. The van der Waals surface area contributed by atoms with Gasteiger partial charge in [0.2, 0.25) is 0 Å². The monoisotopic (exact) mass is 479 g/mol. The van der Waals surface area contributed by atoms with Gasteiger partial charge in [-0.15, -0.1) is 0 Å². The van der Waals surface area contributed by atoms with E-state index in [1.165, 1.54) is 11.1 Å². The summed E-state index contributed by atoms with van der Waals surface area (Å²) in [7, 11) is 0. The van der Waals surface area contributed by atoms with Crippen molar-refractivity contribution in [2.24, 2.45) is 0 Å². The molecule has 0 spiro atoms. The van der Waals surface area contributed by atoms with Crippen LogP contribution in [0.1, 0.15) is 76.2 Å². The number of phenols is 1. The average molecular weight is 480 g/mol. The van der Waals surface area contributed by atoms with Crippen molar-refractivity contribution < 1.29 is 9.90 Å². The van der Waals surface area contributed by atoms with Crippen LogP contribution < -0.4 is 0 Å². The second-order valence-corrected chi connectivity index (χ2v) is 11.0. The molecule has 2 N–H and O–H groups in total. The topological polar surface area (TPSA) is 69.2 Å². The van der Waals surface area contributed by atoms with Crippen LogP contribution in [0.15, 0.2) is 60.7 Å². The van der Waals surface area contributed by atoms with Crippen LogP contribution in [-0.4, -0.2) is 26.1 Å². The van der Waals surface area contributed by atoms with Gasteiger partial charge in [-0.1, -0.05) is 80.9 Å². The number of fused-ring (bicyclic) bond motifs is 1. The summed E-state index contributed by atoms with van der Waals surface area (Å²) in [5.74, 6) is 0.0894. The van der Waals surface area contributed by atoms with Crippen LogP contribution >= 0.6 is 0 Å². The normalized spacial score (nSPS) is 15.4. The van der Waals surface area contributed by atoms with E-state index in [2.05, 4.69) is 86.4 Å². The number of aromatic hydroxyl groups is 1. The predicted octanol–water partition coefficient (Wildman–Crippen LogP) is 6.75. The molecule has 3 aromatic carbocycles. The van der Waals surface area contributed by atoms with Crippen molar-refractivity contribution in [1.29, 1.82) is 0 Å². The maximum absolute atomic E-state index is 13.7. The molecular weight excluding hydrogens is 446 g/mol. The first-order valence-corrected chi connectivity index (χ1v) is 12.4. The zero-order valence-electron chi connectivity index (χ0n) is 21.8. The molecule has 5 heteroatoms. The van der Waals surface area contributed by atoms with Crippen molar-refractivity contribution in [1.82, 2.24) is 15.1 Å². The molecule has 0 bridgehead atoms. The van der Waals surface area contributed by atoms with E-state index in [0.29, 0.717) is 23.5 Å². The quantitative estimate of drug-likeness (QED) is 0.340. The summed E-state index contributed by atoms with van der Waals surface area (Å²) < 4.78 is 0. The fraction of sp³-hybridized carbons (Fsp3) is 0.290. The minimum absolute atomic E-state index is 0.0301. The minimum Gasteiger partial charge on any atom is -0.507 e. The summed E-state index contributed by atoms with van der Waals surface area (Å²) in [5.41, 5.74) is 9.04. The molecule has 1 atom stereocenters. The second kappa shape index (κ2) is 8.66. The molecule has 1 aromatic heterocycles. The van der Waals surface area contributed by atoms with Crippen molar-refractivity contribution in [2.75, 3.05) is 0 Å². The predicted molar refractivity (Wildman–Crippen MR) is 143 cm³/mol. The summed E-state index contributed by atoms with van der Waals surface area (Å²) >= 11 is 0. The molecule has 1 unspecified atom stereocenters. The van der Waals surface area contributed by atoms with E-state index in [9.17, 15) is 9.90 Å². The van der Waals surface area contributed by atoms with Crippen molar-refractivity contribution in [3.63, 3.8) is 0 Å². The van der Waals surface area contributed by atoms with Crippen molar-refractivity contribution in [3.05, 3.63) is 105 Å². The lowest BCUT2D eigenvalue weighted by atomic mass is 9.85. The highest BCUT2D eigenvalue weighted by molar-refractivity contribution is 6.00. The van der Waals surface area contributed by atoms with E-state index in [-0.39, 0.29) is 23.1 Å². The second-order valence-electron chi connectivity index (χ2n) is 11.0. The van der Waals surface area contributed by atoms with E-state index < -0.39 is 0 Å². The number of amides is 1. The number of hydrogen-bond donors (Lipinski definition) is 2. The molecule has 184 valence electrons. The van der Waals surface area contributed by atoms with Gasteiger partial charge < -0.3 is 10.0 Å². The molecule has 0 saturated carbocycles. The molecule has 0 fully saturated rings. The van der Waals surface area contributed by atoms with Gasteiger partial charge in [0.25, 0.3) is 5.91 Å². The summed E-state index contributed by atoms with van der Waals surface area (Å²) in [6.45, 7) is 13.0. The Hall–Kier alpha value is -3.86. The summed E-state index contributed by atoms with van der Waals surface area (Å²) in [4.78, 5) is 15.6. The highest BCUT2D eigenvalue weighted by Crippen LogP contribution is 2.46. The van der Waals surface area contributed by atoms with Crippen LogP contribution in [0.25, 0.3) is 11.3 Å². The van der Waals surface area contributed by atoms with Crippen LogP contribution in [0.3, 0.4) is 0 Å². The molecule has 0 radical (unpaired) electrons. The lowest BCUT2D eigenvalue weighted by Gasteiger charge is -2.28. The van der Waals surface area contributed by atoms with Crippen LogP contribution in [0.2, 0.25) is 0 Å². The Morgan fingerprint density at radius 3 is 2.22 bits per heavy atom. The van der Waals surface area contributed by atoms with Crippen LogP contribution in [0.4, 0.5) is 0 Å². The first-order valence-electron chi connectivity index (χ1n) is 12.4. The molecule has 1 aliphatic heterocycles. The van der Waals surface area contributed by atoms with Gasteiger partial charge in [0, 0.05) is 17.7 Å². The highest BCUT2D eigenvalue weighted by atomic mass is 16.3. The lowest BCUT2D eigenvalue weighted by molar-refractivity contribution is 0.0730. The van der Waals surface area contributed by atoms with Gasteiger partial charge in [0.05, 0.1) is 6.04 Å². The number of carbonyl (C=O) groups is 1. The van der Waals surface area contributed by atoms with E-state index >= 15 is 0 Å². The average Bonchev–Trinajstić information content (AvgIpc) is 3.33. The standard InChI is InChI=1S/C31H33N3O2/c1-18-7-9-21(10-8-18)17-34-29(22-11-13-23(14-12-22)31(4,5)6)26-27(32-33-28(26)30(34)36)25-20(3)15-19(2)16-24(25)35/h7-16,29,35H,17H2,1-6H3,(H,32,33). The summed E-state index contributed by atoms with van der Waals surface area (Å²) in [6.07, 6.45) is 0. The molecule has 5 nitrogen and oxygen atoms in total. The number of benzene rings is 3. The zero-order valence-corrected chi connectivity index (χ0v) is 21.8. The van der Waals surface area contributed by atoms with Gasteiger partial charge in [-0.2, -0.15) is 5.10 Å². The number of hydrogen-bond acceptors (Lipinski definition) is 3. The third-order valence-corrected chi connectivity index (χ3v) is 7.13. The first kappa shape index (κ1) is 23.9. The minimum atomic E-state index is -0.323. The fourth-order valence-corrected chi connectivity index (χ4v) is 5.21. The number of nitrogens with one attached hydrogen (secondary N) is 1. The van der Waals surface area contributed by atoms with Crippen molar-refractivity contribution in [2.45, 2.75) is 59.5 Å². The maximum atomic E-state index is 13.7. The molecule has 1 aliphatic rings. The third-order valence-electron chi connectivity index (χ3n) is 7.13. The van der Waals surface area contributed by atoms with Gasteiger partial charge >= 0.3 is 0 Å². The van der Waals surface area contributed by atoms with E-state index in [0.717, 1.165) is 27.8 Å². The largest absolute Gasteiger partial charge is 0.507 e. The number of carbonyl (C=O) groups excluding carboxylic acids is 1. The Morgan fingerprint density at radius 2 is 1.61 bits per heavy atom. The van der Waals surface area contributed by atoms with Gasteiger partial charge in [-0.25, -0.2) is 0 Å². The van der Waals surface area contributed by atoms with E-state index in [1.54, 1.807) is 6.07 Å². The first-order chi connectivity index (χ1) is 17.0.